The van der Waals surface area contributed by atoms with Gasteiger partial charge in [0.1, 0.15) is 0 Å². The lowest BCUT2D eigenvalue weighted by molar-refractivity contribution is -0.142. The Morgan fingerprint density at radius 1 is 1.63 bits per heavy atom. The topological polar surface area (TPSA) is 82.5 Å². The molecule has 1 aromatic heterocycles. The molecular formula is C12H17N3O3S. The number of nitrogens with zero attached hydrogens (tertiary/aromatic N) is 2. The lowest BCUT2D eigenvalue weighted by Gasteiger charge is -2.21. The summed E-state index contributed by atoms with van der Waals surface area (Å²) in [5.41, 5.74) is 0.867. The fraction of sp³-hybridized carbons (Fsp3) is 0.583. The first-order valence-corrected chi connectivity index (χ1v) is 7.04. The number of hydrogen-bond acceptors (Lipinski definition) is 5. The molecular weight excluding hydrogens is 266 g/mol. The molecule has 1 aliphatic rings. The van der Waals surface area contributed by atoms with E-state index in [1.165, 1.54) is 18.3 Å². The van der Waals surface area contributed by atoms with Crippen molar-refractivity contribution in [3.63, 3.8) is 0 Å². The zero-order valence-corrected chi connectivity index (χ0v) is 11.7. The van der Waals surface area contributed by atoms with Crippen LogP contribution in [0.15, 0.2) is 5.38 Å². The van der Waals surface area contributed by atoms with Crippen LogP contribution in [0, 0.1) is 5.92 Å². The van der Waals surface area contributed by atoms with Crippen molar-refractivity contribution in [2.45, 2.75) is 32.9 Å². The minimum absolute atomic E-state index is 0.0171. The molecule has 1 aromatic rings. The van der Waals surface area contributed by atoms with E-state index in [0.717, 1.165) is 12.2 Å². The lowest BCUT2D eigenvalue weighted by Crippen LogP contribution is -2.32. The van der Waals surface area contributed by atoms with Gasteiger partial charge in [-0.1, -0.05) is 0 Å². The van der Waals surface area contributed by atoms with E-state index < -0.39 is 5.97 Å². The summed E-state index contributed by atoms with van der Waals surface area (Å²) in [6.45, 7) is 4.78. The fourth-order valence-corrected chi connectivity index (χ4v) is 3.10. The molecule has 2 atom stereocenters. The number of amides is 1. The van der Waals surface area contributed by atoms with Crippen LogP contribution in [-0.2, 0) is 16.1 Å². The fourth-order valence-electron chi connectivity index (χ4n) is 2.35. The predicted octanol–water partition coefficient (Wildman–Crippen LogP) is 1.40. The summed E-state index contributed by atoms with van der Waals surface area (Å²) in [7, 11) is 0. The van der Waals surface area contributed by atoms with Crippen LogP contribution in [0.1, 0.15) is 26.0 Å². The minimum atomic E-state index is -0.729. The van der Waals surface area contributed by atoms with Gasteiger partial charge in [0.2, 0.25) is 5.91 Å². The molecule has 0 aliphatic carbocycles. The molecule has 1 saturated heterocycles. The highest BCUT2D eigenvalue weighted by Crippen LogP contribution is 2.26. The summed E-state index contributed by atoms with van der Waals surface area (Å²) in [6.07, 6.45) is 0.680. The van der Waals surface area contributed by atoms with Crippen LogP contribution in [0.5, 0.6) is 0 Å². The molecule has 1 fully saturated rings. The van der Waals surface area contributed by atoms with E-state index in [0.29, 0.717) is 18.1 Å². The SMILES string of the molecule is CC(=O)Nc1nc(CN2CCC(C(=O)O)C2C)cs1. The molecule has 0 saturated carbocycles. The first-order chi connectivity index (χ1) is 8.97. The molecule has 2 heterocycles. The zero-order chi connectivity index (χ0) is 14.0. The highest BCUT2D eigenvalue weighted by Gasteiger charge is 2.35. The number of nitrogens with one attached hydrogen (secondary N) is 1. The second kappa shape index (κ2) is 5.66. The predicted molar refractivity (Wildman–Crippen MR) is 72.0 cm³/mol. The van der Waals surface area contributed by atoms with Crippen LogP contribution < -0.4 is 5.32 Å². The molecule has 2 N–H and O–H groups in total. The van der Waals surface area contributed by atoms with Gasteiger partial charge in [0.05, 0.1) is 11.6 Å². The maximum absolute atomic E-state index is 11.0. The zero-order valence-electron chi connectivity index (χ0n) is 10.9. The van der Waals surface area contributed by atoms with Gasteiger partial charge in [-0.25, -0.2) is 4.98 Å². The highest BCUT2D eigenvalue weighted by molar-refractivity contribution is 7.13. The Bertz CT molecular complexity index is 488. The molecule has 2 unspecified atom stereocenters. The van der Waals surface area contributed by atoms with E-state index >= 15 is 0 Å². The summed E-state index contributed by atoms with van der Waals surface area (Å²) >= 11 is 1.38. The summed E-state index contributed by atoms with van der Waals surface area (Å²) in [5.74, 6) is -1.16. The summed E-state index contributed by atoms with van der Waals surface area (Å²) in [4.78, 5) is 28.4. The first kappa shape index (κ1) is 14.0. The lowest BCUT2D eigenvalue weighted by atomic mass is 10.0. The Morgan fingerprint density at radius 3 is 2.95 bits per heavy atom. The number of anilines is 1. The first-order valence-electron chi connectivity index (χ1n) is 6.16. The average Bonchev–Trinajstić information content (AvgIpc) is 2.87. The van der Waals surface area contributed by atoms with E-state index in [4.69, 9.17) is 5.11 Å². The number of carboxylic acid groups (broad SMARTS) is 1. The summed E-state index contributed by atoms with van der Waals surface area (Å²) in [6, 6.07) is 0.0171. The van der Waals surface area contributed by atoms with Crippen molar-refractivity contribution in [2.24, 2.45) is 5.92 Å². The molecule has 0 bridgehead atoms. The smallest absolute Gasteiger partial charge is 0.308 e. The van der Waals surface area contributed by atoms with Crippen molar-refractivity contribution in [1.29, 1.82) is 0 Å². The number of rotatable bonds is 4. The Kier molecular flexibility index (Phi) is 4.16. The number of likely N-dealkylation sites (tertiary alicyclic amines) is 1. The van der Waals surface area contributed by atoms with Gasteiger partial charge in [0.15, 0.2) is 5.13 Å². The minimum Gasteiger partial charge on any atom is -0.481 e. The molecule has 6 nitrogen and oxygen atoms in total. The van der Waals surface area contributed by atoms with Crippen molar-refractivity contribution in [3.05, 3.63) is 11.1 Å². The Labute approximate surface area is 115 Å². The average molecular weight is 283 g/mol. The quantitative estimate of drug-likeness (QED) is 0.872. The van der Waals surface area contributed by atoms with Crippen LogP contribution in [-0.4, -0.2) is 39.5 Å². The maximum atomic E-state index is 11.0. The van der Waals surface area contributed by atoms with Crippen molar-refractivity contribution >= 4 is 28.3 Å². The third-order valence-corrected chi connectivity index (χ3v) is 4.21. The molecule has 19 heavy (non-hydrogen) atoms. The molecule has 1 amide bonds. The number of hydrogen-bond donors (Lipinski definition) is 2. The molecule has 0 radical (unpaired) electrons. The number of carboxylic acids is 1. The second-order valence-corrected chi connectivity index (χ2v) is 5.63. The molecule has 0 spiro atoms. The number of aliphatic carboxylic acids is 1. The van der Waals surface area contributed by atoms with Crippen LogP contribution in [0.2, 0.25) is 0 Å². The van der Waals surface area contributed by atoms with Crippen LogP contribution in [0.25, 0.3) is 0 Å². The van der Waals surface area contributed by atoms with Gasteiger partial charge in [0.25, 0.3) is 0 Å². The second-order valence-electron chi connectivity index (χ2n) is 4.77. The maximum Gasteiger partial charge on any atom is 0.308 e. The Hall–Kier alpha value is -1.47. The van der Waals surface area contributed by atoms with E-state index in [1.807, 2.05) is 12.3 Å². The Morgan fingerprint density at radius 2 is 2.37 bits per heavy atom. The largest absolute Gasteiger partial charge is 0.481 e. The molecule has 0 aromatic carbocycles. The number of carbonyl (C=O) groups excluding carboxylic acids is 1. The standard InChI is InChI=1S/C12H17N3O3S/c1-7-10(11(17)18)3-4-15(7)5-9-6-19-12(14-9)13-8(2)16/h6-7,10H,3-5H2,1-2H3,(H,17,18)(H,13,14,16). The van der Waals surface area contributed by atoms with Gasteiger partial charge in [-0.05, 0) is 19.9 Å². The van der Waals surface area contributed by atoms with Crippen molar-refractivity contribution in [2.75, 3.05) is 11.9 Å². The number of thiazole rings is 1. The van der Waals surface area contributed by atoms with Crippen molar-refractivity contribution in [1.82, 2.24) is 9.88 Å². The van der Waals surface area contributed by atoms with Crippen LogP contribution in [0.4, 0.5) is 5.13 Å². The van der Waals surface area contributed by atoms with E-state index in [9.17, 15) is 9.59 Å². The van der Waals surface area contributed by atoms with Gasteiger partial charge < -0.3 is 10.4 Å². The van der Waals surface area contributed by atoms with Gasteiger partial charge in [-0.3, -0.25) is 14.5 Å². The molecule has 7 heteroatoms. The summed E-state index contributed by atoms with van der Waals surface area (Å²) in [5, 5.41) is 14.2. The van der Waals surface area contributed by atoms with Crippen molar-refractivity contribution < 1.29 is 14.7 Å². The highest BCUT2D eigenvalue weighted by atomic mass is 32.1. The molecule has 1 aliphatic heterocycles. The number of aromatic nitrogens is 1. The third-order valence-electron chi connectivity index (χ3n) is 3.40. The van der Waals surface area contributed by atoms with Gasteiger partial charge in [-0.2, -0.15) is 0 Å². The van der Waals surface area contributed by atoms with Crippen LogP contribution in [0.3, 0.4) is 0 Å². The van der Waals surface area contributed by atoms with Crippen LogP contribution >= 0.6 is 11.3 Å². The Balaban J connectivity index is 1.96. The molecule has 104 valence electrons. The van der Waals surface area contributed by atoms with E-state index in [-0.39, 0.29) is 17.9 Å². The van der Waals surface area contributed by atoms with Crippen molar-refractivity contribution in [3.8, 4) is 0 Å². The third kappa shape index (κ3) is 3.30. The van der Waals surface area contributed by atoms with Gasteiger partial charge >= 0.3 is 5.97 Å². The van der Waals surface area contributed by atoms with Gasteiger partial charge in [-0.15, -0.1) is 11.3 Å². The van der Waals surface area contributed by atoms with E-state index in [1.54, 1.807) is 0 Å². The normalized spacial score (nSPS) is 23.5. The summed E-state index contributed by atoms with van der Waals surface area (Å²) < 4.78 is 0. The van der Waals surface area contributed by atoms with Gasteiger partial charge in [0, 0.05) is 24.9 Å². The van der Waals surface area contributed by atoms with E-state index in [2.05, 4.69) is 15.2 Å². The molecule has 2 rings (SSSR count). The number of carbonyl (C=O) groups is 2. The monoisotopic (exact) mass is 283 g/mol.